The highest BCUT2D eigenvalue weighted by atomic mass is 16.2. The van der Waals surface area contributed by atoms with Crippen LogP contribution in [0.2, 0.25) is 0 Å². The molecule has 0 bridgehead atoms. The van der Waals surface area contributed by atoms with Crippen LogP contribution in [-0.2, 0) is 0 Å². The van der Waals surface area contributed by atoms with Gasteiger partial charge in [0.15, 0.2) is 11.4 Å². The number of primary amides is 1. The standard InChI is InChI=1S/C16H21N7O2/c1-9-5-13(19-23(9)10(2)11-3-4-11)16(25)21-6-12(7-21)22-8-14(15(17)24)18-20-22/h5,8,10-12H,3-4,6-7H2,1-2H3,(H2,17,24). The van der Waals surface area contributed by atoms with Gasteiger partial charge in [-0.25, -0.2) is 4.68 Å². The maximum absolute atomic E-state index is 12.6. The molecule has 1 saturated carbocycles. The Morgan fingerprint density at radius 3 is 2.60 bits per heavy atom. The van der Waals surface area contributed by atoms with E-state index in [9.17, 15) is 9.59 Å². The van der Waals surface area contributed by atoms with E-state index >= 15 is 0 Å². The van der Waals surface area contributed by atoms with Gasteiger partial charge in [-0.3, -0.25) is 14.3 Å². The summed E-state index contributed by atoms with van der Waals surface area (Å²) in [6, 6.07) is 2.21. The van der Waals surface area contributed by atoms with Crippen LogP contribution in [0.1, 0.15) is 58.5 Å². The number of hydrogen-bond acceptors (Lipinski definition) is 5. The van der Waals surface area contributed by atoms with Gasteiger partial charge in [0.2, 0.25) is 0 Å². The third-order valence-corrected chi connectivity index (χ3v) is 5.12. The molecule has 1 saturated heterocycles. The minimum Gasteiger partial charge on any atom is -0.364 e. The molecule has 2 fully saturated rings. The van der Waals surface area contributed by atoms with Crippen molar-refractivity contribution in [3.63, 3.8) is 0 Å². The van der Waals surface area contributed by atoms with Gasteiger partial charge >= 0.3 is 0 Å². The fourth-order valence-corrected chi connectivity index (χ4v) is 3.30. The van der Waals surface area contributed by atoms with Crippen molar-refractivity contribution in [2.24, 2.45) is 11.7 Å². The van der Waals surface area contributed by atoms with Crippen LogP contribution in [0.15, 0.2) is 12.3 Å². The van der Waals surface area contributed by atoms with Gasteiger partial charge in [0, 0.05) is 18.8 Å². The number of rotatable bonds is 5. The zero-order chi connectivity index (χ0) is 17.7. The van der Waals surface area contributed by atoms with E-state index in [1.807, 2.05) is 17.7 Å². The molecule has 1 atom stereocenters. The number of carbonyl (C=O) groups excluding carboxylic acids is 2. The van der Waals surface area contributed by atoms with Gasteiger partial charge in [-0.2, -0.15) is 5.10 Å². The maximum Gasteiger partial charge on any atom is 0.274 e. The SMILES string of the molecule is Cc1cc(C(=O)N2CC(n3cc(C(N)=O)nn3)C2)nn1C(C)C1CC1. The number of likely N-dealkylation sites (tertiary alicyclic amines) is 1. The Balaban J connectivity index is 1.41. The number of nitrogens with two attached hydrogens (primary N) is 1. The first kappa shape index (κ1) is 15.8. The van der Waals surface area contributed by atoms with Crippen molar-refractivity contribution in [3.8, 4) is 0 Å². The Morgan fingerprint density at radius 2 is 2.00 bits per heavy atom. The molecular formula is C16H21N7O2. The molecule has 2 aromatic rings. The van der Waals surface area contributed by atoms with Crippen LogP contribution in [0.4, 0.5) is 0 Å². The quantitative estimate of drug-likeness (QED) is 0.852. The summed E-state index contributed by atoms with van der Waals surface area (Å²) in [5.74, 6) is 0.00217. The minimum absolute atomic E-state index is 0.0121. The molecule has 9 heteroatoms. The Kier molecular flexibility index (Phi) is 3.59. The normalized spacial score (nSPS) is 18.9. The number of nitrogens with zero attached hydrogens (tertiary/aromatic N) is 6. The van der Waals surface area contributed by atoms with Crippen LogP contribution in [0.3, 0.4) is 0 Å². The topological polar surface area (TPSA) is 112 Å². The number of aryl methyl sites for hydroxylation is 1. The zero-order valence-corrected chi connectivity index (χ0v) is 14.3. The van der Waals surface area contributed by atoms with Crippen molar-refractivity contribution in [2.45, 2.75) is 38.8 Å². The van der Waals surface area contributed by atoms with E-state index in [1.165, 1.54) is 19.0 Å². The fraction of sp³-hybridized carbons (Fsp3) is 0.562. The molecule has 1 aliphatic carbocycles. The van der Waals surface area contributed by atoms with E-state index in [1.54, 1.807) is 9.58 Å². The van der Waals surface area contributed by atoms with Crippen molar-refractivity contribution >= 4 is 11.8 Å². The predicted octanol–water partition coefficient (Wildman–Crippen LogP) is 0.550. The van der Waals surface area contributed by atoms with Crippen molar-refractivity contribution in [1.82, 2.24) is 29.7 Å². The van der Waals surface area contributed by atoms with Crippen molar-refractivity contribution < 1.29 is 9.59 Å². The fourth-order valence-electron chi connectivity index (χ4n) is 3.30. The summed E-state index contributed by atoms with van der Waals surface area (Å²) in [6.45, 7) is 5.18. The molecule has 0 spiro atoms. The van der Waals surface area contributed by atoms with Crippen LogP contribution in [0, 0.1) is 12.8 Å². The number of amides is 2. The summed E-state index contributed by atoms with van der Waals surface area (Å²) >= 11 is 0. The molecule has 1 unspecified atom stereocenters. The van der Waals surface area contributed by atoms with Gasteiger partial charge in [-0.15, -0.1) is 5.10 Å². The summed E-state index contributed by atoms with van der Waals surface area (Å²) in [4.78, 5) is 25.4. The first-order valence-electron chi connectivity index (χ1n) is 8.51. The molecular weight excluding hydrogens is 322 g/mol. The third-order valence-electron chi connectivity index (χ3n) is 5.12. The Hall–Kier alpha value is -2.71. The Bertz CT molecular complexity index is 829. The molecule has 25 heavy (non-hydrogen) atoms. The van der Waals surface area contributed by atoms with E-state index in [2.05, 4.69) is 22.3 Å². The second kappa shape index (κ2) is 5.68. The molecule has 2 amide bonds. The van der Waals surface area contributed by atoms with E-state index in [0.717, 1.165) is 5.69 Å². The van der Waals surface area contributed by atoms with Gasteiger partial charge < -0.3 is 10.6 Å². The number of aromatic nitrogens is 5. The van der Waals surface area contributed by atoms with Gasteiger partial charge in [0.25, 0.3) is 11.8 Å². The van der Waals surface area contributed by atoms with E-state index < -0.39 is 5.91 Å². The molecule has 3 heterocycles. The molecule has 1 aliphatic heterocycles. The maximum atomic E-state index is 12.6. The summed E-state index contributed by atoms with van der Waals surface area (Å²) < 4.78 is 3.56. The molecule has 132 valence electrons. The Morgan fingerprint density at radius 1 is 1.28 bits per heavy atom. The van der Waals surface area contributed by atoms with Crippen molar-refractivity contribution in [3.05, 3.63) is 29.3 Å². The van der Waals surface area contributed by atoms with Crippen LogP contribution in [0.25, 0.3) is 0 Å². The largest absolute Gasteiger partial charge is 0.364 e. The Labute approximate surface area is 144 Å². The monoisotopic (exact) mass is 343 g/mol. The molecule has 2 aromatic heterocycles. The van der Waals surface area contributed by atoms with Crippen LogP contribution >= 0.6 is 0 Å². The molecule has 4 rings (SSSR count). The average Bonchev–Trinajstić information content (AvgIpc) is 3.13. The second-order valence-electron chi connectivity index (χ2n) is 7.01. The van der Waals surface area contributed by atoms with E-state index in [0.29, 0.717) is 30.7 Å². The molecule has 0 aromatic carbocycles. The number of hydrogen-bond donors (Lipinski definition) is 1. The lowest BCUT2D eigenvalue weighted by atomic mass is 10.1. The minimum atomic E-state index is -0.607. The molecule has 2 N–H and O–H groups in total. The summed E-state index contributed by atoms with van der Waals surface area (Å²) in [7, 11) is 0. The third kappa shape index (κ3) is 2.79. The van der Waals surface area contributed by atoms with Gasteiger partial charge in [-0.1, -0.05) is 5.21 Å². The van der Waals surface area contributed by atoms with Crippen LogP contribution in [-0.4, -0.2) is 54.6 Å². The molecule has 9 nitrogen and oxygen atoms in total. The van der Waals surface area contributed by atoms with Crippen LogP contribution < -0.4 is 5.73 Å². The highest BCUT2D eigenvalue weighted by Crippen LogP contribution is 2.39. The average molecular weight is 343 g/mol. The lowest BCUT2D eigenvalue weighted by Crippen LogP contribution is -2.51. The van der Waals surface area contributed by atoms with E-state index in [-0.39, 0.29) is 17.6 Å². The van der Waals surface area contributed by atoms with E-state index in [4.69, 9.17) is 5.73 Å². The lowest BCUT2D eigenvalue weighted by Gasteiger charge is -2.38. The van der Waals surface area contributed by atoms with Gasteiger partial charge in [-0.05, 0) is 38.7 Å². The van der Waals surface area contributed by atoms with Crippen molar-refractivity contribution in [2.75, 3.05) is 13.1 Å². The summed E-state index contributed by atoms with van der Waals surface area (Å²) in [5.41, 5.74) is 6.81. The predicted molar refractivity (Wildman–Crippen MR) is 87.9 cm³/mol. The highest BCUT2D eigenvalue weighted by molar-refractivity contribution is 5.93. The molecule has 0 radical (unpaired) electrons. The number of carbonyl (C=O) groups is 2. The molecule has 2 aliphatic rings. The summed E-state index contributed by atoms with van der Waals surface area (Å²) in [6.07, 6.45) is 4.00. The second-order valence-corrected chi connectivity index (χ2v) is 7.01. The van der Waals surface area contributed by atoms with Crippen molar-refractivity contribution in [1.29, 1.82) is 0 Å². The van der Waals surface area contributed by atoms with Crippen LogP contribution in [0.5, 0.6) is 0 Å². The van der Waals surface area contributed by atoms with Gasteiger partial charge in [0.05, 0.1) is 18.3 Å². The lowest BCUT2D eigenvalue weighted by molar-refractivity contribution is 0.0491. The highest BCUT2D eigenvalue weighted by Gasteiger charge is 2.36. The first-order valence-corrected chi connectivity index (χ1v) is 8.51. The zero-order valence-electron chi connectivity index (χ0n) is 14.3. The first-order chi connectivity index (χ1) is 11.9. The smallest absolute Gasteiger partial charge is 0.274 e. The van der Waals surface area contributed by atoms with Gasteiger partial charge in [0.1, 0.15) is 0 Å². The summed E-state index contributed by atoms with van der Waals surface area (Å²) in [5, 5.41) is 12.2.